The van der Waals surface area contributed by atoms with Gasteiger partial charge in [-0.05, 0) is 83.3 Å². The van der Waals surface area contributed by atoms with Gasteiger partial charge in [0, 0.05) is 23.5 Å². The quantitative estimate of drug-likeness (QED) is 0.826. The Labute approximate surface area is 163 Å². The van der Waals surface area contributed by atoms with Gasteiger partial charge in [-0.1, -0.05) is 24.3 Å². The van der Waals surface area contributed by atoms with E-state index in [2.05, 4.69) is 34.9 Å². The molecule has 2 fully saturated rings. The van der Waals surface area contributed by atoms with Crippen LogP contribution in [0.2, 0.25) is 0 Å². The zero-order valence-electron chi connectivity index (χ0n) is 17.0. The highest BCUT2D eigenvalue weighted by Gasteiger charge is 2.56. The largest absolute Gasteiger partial charge is 0.444 e. The molecule has 2 atom stereocenters. The second kappa shape index (κ2) is 7.12. The van der Waals surface area contributed by atoms with Crippen molar-refractivity contribution in [3.63, 3.8) is 0 Å². The lowest BCUT2D eigenvalue weighted by Gasteiger charge is -2.32. The van der Waals surface area contributed by atoms with Gasteiger partial charge < -0.3 is 15.4 Å². The van der Waals surface area contributed by atoms with Gasteiger partial charge in [0.15, 0.2) is 0 Å². The maximum Gasteiger partial charge on any atom is 0.407 e. The molecule has 2 saturated carbocycles. The van der Waals surface area contributed by atoms with Crippen molar-refractivity contribution in [2.75, 3.05) is 0 Å². The average molecular weight is 371 g/mol. The summed E-state index contributed by atoms with van der Waals surface area (Å²) < 4.78 is 5.38. The standard InChI is InChI=1S/C23H34N2O2/c1-22(2,3)27-21(26)25-18-12-10-17(11-13-18)24-20-15-23(20)14-6-8-16-7-4-5-9-19(16)23/h4-5,7,9,17-18,20,24H,6,8,10-15H2,1-3H3,(H,25,26). The average Bonchev–Trinajstić information content (AvgIpc) is 3.28. The van der Waals surface area contributed by atoms with E-state index in [0.29, 0.717) is 17.5 Å². The minimum Gasteiger partial charge on any atom is -0.444 e. The van der Waals surface area contributed by atoms with Crippen LogP contribution in [-0.2, 0) is 16.6 Å². The number of carbonyl (C=O) groups is 1. The molecule has 0 aliphatic heterocycles. The molecule has 0 heterocycles. The molecule has 4 rings (SSSR count). The molecule has 2 unspecified atom stereocenters. The first-order chi connectivity index (χ1) is 12.9. The summed E-state index contributed by atoms with van der Waals surface area (Å²) in [5.74, 6) is 0. The van der Waals surface area contributed by atoms with Crippen LogP contribution in [0.15, 0.2) is 24.3 Å². The van der Waals surface area contributed by atoms with Gasteiger partial charge in [0.2, 0.25) is 0 Å². The minimum atomic E-state index is -0.431. The molecule has 0 bridgehead atoms. The van der Waals surface area contributed by atoms with Crippen LogP contribution in [0.25, 0.3) is 0 Å². The fraction of sp³-hybridized carbons (Fsp3) is 0.696. The van der Waals surface area contributed by atoms with E-state index in [-0.39, 0.29) is 12.1 Å². The number of aryl methyl sites for hydroxylation is 1. The summed E-state index contributed by atoms with van der Waals surface area (Å²) in [6, 6.07) is 10.5. The van der Waals surface area contributed by atoms with Crippen molar-refractivity contribution in [1.29, 1.82) is 0 Å². The molecular weight excluding hydrogens is 336 g/mol. The van der Waals surface area contributed by atoms with E-state index >= 15 is 0 Å². The van der Waals surface area contributed by atoms with Crippen LogP contribution in [0.1, 0.15) is 76.8 Å². The number of ether oxygens (including phenoxy) is 1. The maximum absolute atomic E-state index is 12.0. The van der Waals surface area contributed by atoms with Crippen molar-refractivity contribution in [1.82, 2.24) is 10.6 Å². The third kappa shape index (κ3) is 4.16. The molecule has 148 valence electrons. The summed E-state index contributed by atoms with van der Waals surface area (Å²) in [5, 5.41) is 7.01. The lowest BCUT2D eigenvalue weighted by Crippen LogP contribution is -2.45. The summed E-state index contributed by atoms with van der Waals surface area (Å²) in [7, 11) is 0. The fourth-order valence-corrected chi connectivity index (χ4v) is 5.21. The Kier molecular flexibility index (Phi) is 4.96. The predicted molar refractivity (Wildman–Crippen MR) is 108 cm³/mol. The Morgan fingerprint density at radius 3 is 2.56 bits per heavy atom. The molecule has 27 heavy (non-hydrogen) atoms. The summed E-state index contributed by atoms with van der Waals surface area (Å²) in [4.78, 5) is 12.0. The molecule has 0 saturated heterocycles. The molecule has 2 N–H and O–H groups in total. The number of fused-ring (bicyclic) bond motifs is 2. The van der Waals surface area contributed by atoms with E-state index in [1.54, 1.807) is 11.1 Å². The molecule has 0 aromatic heterocycles. The first-order valence-corrected chi connectivity index (χ1v) is 10.7. The molecule has 4 heteroatoms. The summed E-state index contributed by atoms with van der Waals surface area (Å²) in [6.07, 6.45) is 9.24. The van der Waals surface area contributed by atoms with Crippen molar-refractivity contribution in [2.24, 2.45) is 0 Å². The highest BCUT2D eigenvalue weighted by molar-refractivity contribution is 5.68. The molecule has 3 aliphatic carbocycles. The van der Waals surface area contributed by atoms with Gasteiger partial charge >= 0.3 is 6.09 Å². The molecule has 1 amide bonds. The molecule has 1 aromatic rings. The number of benzene rings is 1. The highest BCUT2D eigenvalue weighted by atomic mass is 16.6. The van der Waals surface area contributed by atoms with Crippen LogP contribution < -0.4 is 10.6 Å². The third-order valence-corrected chi connectivity index (χ3v) is 6.58. The number of hydrogen-bond acceptors (Lipinski definition) is 3. The van der Waals surface area contributed by atoms with E-state index in [0.717, 1.165) is 25.7 Å². The lowest BCUT2D eigenvalue weighted by atomic mass is 9.79. The van der Waals surface area contributed by atoms with Crippen LogP contribution in [0.3, 0.4) is 0 Å². The van der Waals surface area contributed by atoms with Crippen LogP contribution in [-0.4, -0.2) is 29.8 Å². The Morgan fingerprint density at radius 1 is 1.11 bits per heavy atom. The zero-order valence-corrected chi connectivity index (χ0v) is 17.0. The van der Waals surface area contributed by atoms with Crippen molar-refractivity contribution in [3.8, 4) is 0 Å². The predicted octanol–water partition coefficient (Wildman–Crippen LogP) is 4.46. The number of nitrogens with one attached hydrogen (secondary N) is 2. The molecule has 1 spiro atoms. The van der Waals surface area contributed by atoms with E-state index in [1.165, 1.54) is 25.7 Å². The van der Waals surface area contributed by atoms with E-state index in [4.69, 9.17) is 4.74 Å². The zero-order chi connectivity index (χ0) is 19.1. The number of rotatable bonds is 3. The second-order valence-electron chi connectivity index (χ2n) is 9.78. The van der Waals surface area contributed by atoms with Gasteiger partial charge in [-0.25, -0.2) is 4.79 Å². The van der Waals surface area contributed by atoms with Crippen molar-refractivity contribution < 1.29 is 9.53 Å². The van der Waals surface area contributed by atoms with Crippen molar-refractivity contribution in [3.05, 3.63) is 35.4 Å². The van der Waals surface area contributed by atoms with Gasteiger partial charge in [0.1, 0.15) is 5.60 Å². The topological polar surface area (TPSA) is 50.4 Å². The second-order valence-corrected chi connectivity index (χ2v) is 9.78. The van der Waals surface area contributed by atoms with Gasteiger partial charge in [-0.2, -0.15) is 0 Å². The number of hydrogen-bond donors (Lipinski definition) is 2. The van der Waals surface area contributed by atoms with E-state index in [9.17, 15) is 4.79 Å². The van der Waals surface area contributed by atoms with E-state index < -0.39 is 5.60 Å². The number of carbonyl (C=O) groups excluding carboxylic acids is 1. The van der Waals surface area contributed by atoms with Gasteiger partial charge in [0.25, 0.3) is 0 Å². The Balaban J connectivity index is 1.26. The highest BCUT2D eigenvalue weighted by Crippen LogP contribution is 2.55. The van der Waals surface area contributed by atoms with E-state index in [1.807, 2.05) is 20.8 Å². The minimum absolute atomic E-state index is 0.251. The van der Waals surface area contributed by atoms with Gasteiger partial charge in [-0.15, -0.1) is 0 Å². The normalized spacial score (nSPS) is 32.6. The van der Waals surface area contributed by atoms with Crippen molar-refractivity contribution >= 4 is 6.09 Å². The number of amides is 1. The van der Waals surface area contributed by atoms with Crippen LogP contribution in [0, 0.1) is 0 Å². The molecule has 4 nitrogen and oxygen atoms in total. The SMILES string of the molecule is CC(C)(C)OC(=O)NC1CCC(NC2CC23CCCc2ccccc23)CC1. The third-order valence-electron chi connectivity index (χ3n) is 6.58. The summed E-state index contributed by atoms with van der Waals surface area (Å²) in [6.45, 7) is 5.72. The van der Waals surface area contributed by atoms with Crippen LogP contribution in [0.4, 0.5) is 4.79 Å². The smallest absolute Gasteiger partial charge is 0.407 e. The van der Waals surface area contributed by atoms with Crippen molar-refractivity contribution in [2.45, 2.75) is 101 Å². The summed E-state index contributed by atoms with van der Waals surface area (Å²) in [5.41, 5.74) is 3.15. The molecular formula is C23H34N2O2. The lowest BCUT2D eigenvalue weighted by molar-refractivity contribution is 0.0489. The fourth-order valence-electron chi connectivity index (χ4n) is 5.21. The molecule has 0 radical (unpaired) electrons. The van der Waals surface area contributed by atoms with Gasteiger partial charge in [-0.3, -0.25) is 0 Å². The monoisotopic (exact) mass is 370 g/mol. The number of alkyl carbamates (subject to hydrolysis) is 1. The first-order valence-electron chi connectivity index (χ1n) is 10.7. The molecule has 1 aromatic carbocycles. The maximum atomic E-state index is 12.0. The van der Waals surface area contributed by atoms with Crippen LogP contribution >= 0.6 is 0 Å². The van der Waals surface area contributed by atoms with Crippen LogP contribution in [0.5, 0.6) is 0 Å². The Hall–Kier alpha value is -1.55. The molecule has 3 aliphatic rings. The Bertz CT molecular complexity index is 688. The first kappa shape index (κ1) is 18.8. The summed E-state index contributed by atoms with van der Waals surface area (Å²) >= 11 is 0. The Morgan fingerprint density at radius 2 is 1.81 bits per heavy atom. The van der Waals surface area contributed by atoms with Gasteiger partial charge in [0.05, 0.1) is 0 Å².